The lowest BCUT2D eigenvalue weighted by atomic mass is 10.5. The maximum atomic E-state index is 10.2. The fourth-order valence-electron chi connectivity index (χ4n) is 0.232. The second kappa shape index (κ2) is 4.37. The van der Waals surface area contributed by atoms with Crippen LogP contribution in [0.1, 0.15) is 13.8 Å². The molecule has 8 heavy (non-hydrogen) atoms. The Morgan fingerprint density at radius 3 is 2.38 bits per heavy atom. The predicted octanol–water partition coefficient (Wildman–Crippen LogP) is 2.08. The SMILES string of the molecule is CC(C)OC[PH](=O)Cl. The van der Waals surface area contributed by atoms with Crippen molar-refractivity contribution in [2.24, 2.45) is 0 Å². The van der Waals surface area contributed by atoms with E-state index < -0.39 is 7.15 Å². The second-order valence-corrected chi connectivity index (χ2v) is 3.98. The Balaban J connectivity index is 3.05. The lowest BCUT2D eigenvalue weighted by Crippen LogP contribution is -1.99. The van der Waals surface area contributed by atoms with Crippen molar-refractivity contribution >= 4 is 18.4 Å². The second-order valence-electron chi connectivity index (χ2n) is 1.71. The van der Waals surface area contributed by atoms with Crippen LogP contribution in [0.4, 0.5) is 0 Å². The molecule has 0 aromatic rings. The first kappa shape index (κ1) is 8.48. The molecule has 4 heteroatoms. The molecule has 0 N–H and O–H groups in total. The van der Waals surface area contributed by atoms with Crippen molar-refractivity contribution in [2.75, 3.05) is 6.35 Å². The lowest BCUT2D eigenvalue weighted by Gasteiger charge is -2.02. The van der Waals surface area contributed by atoms with Crippen LogP contribution in [0.25, 0.3) is 0 Å². The quantitative estimate of drug-likeness (QED) is 0.585. The first-order valence-corrected chi connectivity index (χ1v) is 5.05. The highest BCUT2D eigenvalue weighted by Crippen LogP contribution is 2.25. The first-order chi connectivity index (χ1) is 3.63. The maximum Gasteiger partial charge on any atom is 0.182 e. The largest absolute Gasteiger partial charge is 0.370 e. The summed E-state index contributed by atoms with van der Waals surface area (Å²) in [5, 5.41) is 0. The number of ether oxygens (including phenoxy) is 1. The van der Waals surface area contributed by atoms with Gasteiger partial charge < -0.3 is 9.30 Å². The van der Waals surface area contributed by atoms with Gasteiger partial charge in [0.1, 0.15) is 6.35 Å². The van der Waals surface area contributed by atoms with Crippen LogP contribution in [-0.2, 0) is 9.30 Å². The average Bonchev–Trinajstić information content (AvgIpc) is 1.61. The van der Waals surface area contributed by atoms with Gasteiger partial charge in [-0.25, -0.2) is 0 Å². The number of hydrogen-bond acceptors (Lipinski definition) is 2. The minimum Gasteiger partial charge on any atom is -0.370 e. The molecule has 0 saturated heterocycles. The van der Waals surface area contributed by atoms with Gasteiger partial charge in [-0.1, -0.05) is 11.2 Å². The number of hydrogen-bond donors (Lipinski definition) is 0. The van der Waals surface area contributed by atoms with Gasteiger partial charge in [0.25, 0.3) is 0 Å². The Hall–Kier alpha value is 0.480. The zero-order valence-corrected chi connectivity index (χ0v) is 6.73. The van der Waals surface area contributed by atoms with E-state index in [0.29, 0.717) is 0 Å². The Morgan fingerprint density at radius 1 is 1.75 bits per heavy atom. The minimum absolute atomic E-state index is 0.127. The zero-order valence-electron chi connectivity index (χ0n) is 4.98. The molecule has 1 unspecified atom stereocenters. The molecule has 0 amide bonds. The molecular formula is C4H10ClO2P. The monoisotopic (exact) mass is 156 g/mol. The Morgan fingerprint density at radius 2 is 2.25 bits per heavy atom. The molecule has 0 aromatic heterocycles. The van der Waals surface area contributed by atoms with Crippen LogP contribution in [0, 0.1) is 0 Å². The standard InChI is InChI=1S/C4H10ClO2P/c1-4(2)7-3-8(5)6/h4,8H,3H2,1-2H3. The number of rotatable bonds is 3. The van der Waals surface area contributed by atoms with Gasteiger partial charge in [-0.2, -0.15) is 0 Å². The van der Waals surface area contributed by atoms with E-state index in [1.54, 1.807) is 0 Å². The first-order valence-electron chi connectivity index (χ1n) is 2.43. The maximum absolute atomic E-state index is 10.2. The topological polar surface area (TPSA) is 26.3 Å². The molecule has 1 atom stereocenters. The Labute approximate surface area is 54.7 Å². The van der Waals surface area contributed by atoms with E-state index >= 15 is 0 Å². The van der Waals surface area contributed by atoms with E-state index in [1.807, 2.05) is 13.8 Å². The van der Waals surface area contributed by atoms with Crippen LogP contribution in [0.3, 0.4) is 0 Å². The molecule has 0 aliphatic heterocycles. The third-order valence-electron chi connectivity index (χ3n) is 0.530. The van der Waals surface area contributed by atoms with E-state index in [4.69, 9.17) is 16.0 Å². The van der Waals surface area contributed by atoms with Gasteiger partial charge in [-0.3, -0.25) is 0 Å². The minimum atomic E-state index is -1.93. The highest BCUT2D eigenvalue weighted by Gasteiger charge is 1.94. The fourth-order valence-corrected chi connectivity index (χ4v) is 0.886. The van der Waals surface area contributed by atoms with Gasteiger partial charge >= 0.3 is 0 Å². The van der Waals surface area contributed by atoms with Gasteiger partial charge in [0.05, 0.1) is 6.10 Å². The zero-order chi connectivity index (χ0) is 6.57. The van der Waals surface area contributed by atoms with E-state index in [9.17, 15) is 4.57 Å². The summed E-state index contributed by atoms with van der Waals surface area (Å²) in [6.45, 7) is 3.75. The van der Waals surface area contributed by atoms with Crippen molar-refractivity contribution in [3.63, 3.8) is 0 Å². The van der Waals surface area contributed by atoms with Crippen LogP contribution in [0.15, 0.2) is 0 Å². The molecule has 2 nitrogen and oxygen atoms in total. The molecule has 0 radical (unpaired) electrons. The third-order valence-corrected chi connectivity index (χ3v) is 1.25. The van der Waals surface area contributed by atoms with Crippen LogP contribution in [-0.4, -0.2) is 12.5 Å². The van der Waals surface area contributed by atoms with Crippen LogP contribution in [0.2, 0.25) is 0 Å². The molecule has 50 valence electrons. The van der Waals surface area contributed by atoms with Gasteiger partial charge in [-0.05, 0) is 13.8 Å². The highest BCUT2D eigenvalue weighted by molar-refractivity contribution is 7.73. The van der Waals surface area contributed by atoms with E-state index in [-0.39, 0.29) is 12.5 Å². The van der Waals surface area contributed by atoms with Crippen LogP contribution >= 0.6 is 18.4 Å². The van der Waals surface area contributed by atoms with Crippen molar-refractivity contribution in [3.8, 4) is 0 Å². The predicted molar refractivity (Wildman–Crippen MR) is 35.9 cm³/mol. The number of halogens is 1. The molecular weight excluding hydrogens is 146 g/mol. The molecule has 0 rings (SSSR count). The highest BCUT2D eigenvalue weighted by atomic mass is 35.7. The summed E-state index contributed by atoms with van der Waals surface area (Å²) in [6.07, 6.45) is 0.326. The summed E-state index contributed by atoms with van der Waals surface area (Å²) in [4.78, 5) is 0. The van der Waals surface area contributed by atoms with Gasteiger partial charge in [0.15, 0.2) is 7.15 Å². The van der Waals surface area contributed by atoms with Crippen molar-refractivity contribution < 1.29 is 9.30 Å². The molecule has 0 bridgehead atoms. The lowest BCUT2D eigenvalue weighted by molar-refractivity contribution is 0.117. The normalized spacial score (nSPS) is 14.5. The van der Waals surface area contributed by atoms with Crippen LogP contribution < -0.4 is 0 Å². The van der Waals surface area contributed by atoms with Crippen molar-refractivity contribution in [3.05, 3.63) is 0 Å². The van der Waals surface area contributed by atoms with E-state index in [2.05, 4.69) is 0 Å². The van der Waals surface area contributed by atoms with Gasteiger partial charge in [0, 0.05) is 0 Å². The molecule has 0 aliphatic rings. The summed E-state index contributed by atoms with van der Waals surface area (Å²) in [5.41, 5.74) is 0. The summed E-state index contributed by atoms with van der Waals surface area (Å²) in [7, 11) is -1.93. The molecule has 0 fully saturated rings. The average molecular weight is 157 g/mol. The van der Waals surface area contributed by atoms with Crippen LogP contribution in [0.5, 0.6) is 0 Å². The van der Waals surface area contributed by atoms with E-state index in [1.165, 1.54) is 0 Å². The van der Waals surface area contributed by atoms with Gasteiger partial charge in [0.2, 0.25) is 0 Å². The Kier molecular flexibility index (Phi) is 4.63. The molecule has 0 aliphatic carbocycles. The summed E-state index contributed by atoms with van der Waals surface area (Å²) >= 11 is 5.14. The van der Waals surface area contributed by atoms with Crippen molar-refractivity contribution in [1.82, 2.24) is 0 Å². The van der Waals surface area contributed by atoms with Crippen molar-refractivity contribution in [1.29, 1.82) is 0 Å². The van der Waals surface area contributed by atoms with E-state index in [0.717, 1.165) is 0 Å². The molecule has 0 spiro atoms. The van der Waals surface area contributed by atoms with Crippen molar-refractivity contribution in [2.45, 2.75) is 20.0 Å². The summed E-state index contributed by atoms with van der Waals surface area (Å²) in [5.74, 6) is 0. The molecule has 0 saturated carbocycles. The molecule has 0 heterocycles. The summed E-state index contributed by atoms with van der Waals surface area (Å²) in [6, 6.07) is 0. The smallest absolute Gasteiger partial charge is 0.182 e. The molecule has 0 aromatic carbocycles. The third kappa shape index (κ3) is 6.48. The summed E-state index contributed by atoms with van der Waals surface area (Å²) < 4.78 is 15.1. The fraction of sp³-hybridized carbons (Fsp3) is 1.00. The Bertz CT molecular complexity index is 84.1. The van der Waals surface area contributed by atoms with Gasteiger partial charge in [-0.15, -0.1) is 0 Å².